The molecule has 2 amide bonds. The third kappa shape index (κ3) is 4.21. The predicted octanol–water partition coefficient (Wildman–Crippen LogP) is 2.00. The number of aliphatic hydroxyl groups excluding tert-OH is 1. The maximum Gasteiger partial charge on any atom is 0.255 e. The number of carbonyl (C=O) groups is 2. The molecule has 0 heterocycles. The second-order valence-electron chi connectivity index (χ2n) is 4.79. The van der Waals surface area contributed by atoms with Crippen molar-refractivity contribution in [2.75, 3.05) is 25.5 Å². The van der Waals surface area contributed by atoms with Crippen LogP contribution in [0.5, 0.6) is 0 Å². The number of benzene rings is 1. The molecule has 0 spiro atoms. The Morgan fingerprint density at radius 2 is 2.05 bits per heavy atom. The van der Waals surface area contributed by atoms with Crippen LogP contribution in [-0.2, 0) is 4.79 Å². The van der Waals surface area contributed by atoms with E-state index < -0.39 is 0 Å². The number of hydrogen-bond donors (Lipinski definition) is 2. The molecule has 20 heavy (non-hydrogen) atoms. The van der Waals surface area contributed by atoms with Crippen molar-refractivity contribution in [2.45, 2.75) is 13.8 Å². The van der Waals surface area contributed by atoms with E-state index in [9.17, 15) is 9.59 Å². The molecule has 0 aromatic heterocycles. The molecule has 0 radical (unpaired) electrons. The zero-order valence-corrected chi connectivity index (χ0v) is 12.6. The molecule has 0 atom stereocenters. The predicted molar refractivity (Wildman–Crippen MR) is 79.0 cm³/mol. The Bertz CT molecular complexity index is 503. The van der Waals surface area contributed by atoms with Crippen LogP contribution in [0.1, 0.15) is 24.2 Å². The van der Waals surface area contributed by atoms with Crippen molar-refractivity contribution in [3.8, 4) is 0 Å². The van der Waals surface area contributed by atoms with Gasteiger partial charge in [-0.2, -0.15) is 0 Å². The molecule has 0 aliphatic rings. The van der Waals surface area contributed by atoms with Gasteiger partial charge in [-0.05, 0) is 18.2 Å². The molecule has 0 saturated heterocycles. The normalized spacial score (nSPS) is 10.5. The standard InChI is InChI=1S/C14H19ClN2O3/c1-9(2)13(19)16-10-4-5-12(15)11(8-10)14(20)17(3)6-7-18/h4-5,8-9,18H,6-7H2,1-3H3,(H,16,19). The number of rotatable bonds is 5. The summed E-state index contributed by atoms with van der Waals surface area (Å²) >= 11 is 6.01. The number of aliphatic hydroxyl groups is 1. The lowest BCUT2D eigenvalue weighted by molar-refractivity contribution is -0.118. The van der Waals surface area contributed by atoms with Crippen LogP contribution >= 0.6 is 11.6 Å². The molecule has 2 N–H and O–H groups in total. The first kappa shape index (κ1) is 16.5. The van der Waals surface area contributed by atoms with Gasteiger partial charge >= 0.3 is 0 Å². The zero-order valence-electron chi connectivity index (χ0n) is 11.8. The number of halogens is 1. The molecule has 6 heteroatoms. The van der Waals surface area contributed by atoms with Gasteiger partial charge in [0.05, 0.1) is 17.2 Å². The third-order valence-corrected chi connectivity index (χ3v) is 3.10. The average Bonchev–Trinajstić information content (AvgIpc) is 2.40. The first-order chi connectivity index (χ1) is 9.36. The minimum atomic E-state index is -0.301. The molecule has 0 unspecified atom stereocenters. The second-order valence-corrected chi connectivity index (χ2v) is 5.20. The summed E-state index contributed by atoms with van der Waals surface area (Å²) in [6.07, 6.45) is 0. The molecule has 0 bridgehead atoms. The van der Waals surface area contributed by atoms with Gasteiger partial charge in [-0.25, -0.2) is 0 Å². The molecule has 1 aromatic carbocycles. The summed E-state index contributed by atoms with van der Waals surface area (Å²) in [5, 5.41) is 11.9. The van der Waals surface area contributed by atoms with E-state index in [0.717, 1.165) is 0 Å². The molecular weight excluding hydrogens is 280 g/mol. The quantitative estimate of drug-likeness (QED) is 0.873. The van der Waals surface area contributed by atoms with Crippen molar-refractivity contribution >= 4 is 29.1 Å². The van der Waals surface area contributed by atoms with Gasteiger partial charge in [-0.15, -0.1) is 0 Å². The van der Waals surface area contributed by atoms with Crippen LogP contribution in [0.15, 0.2) is 18.2 Å². The molecule has 0 aliphatic carbocycles. The van der Waals surface area contributed by atoms with Crippen LogP contribution in [0.3, 0.4) is 0 Å². The van der Waals surface area contributed by atoms with Crippen LogP contribution in [0, 0.1) is 5.92 Å². The van der Waals surface area contributed by atoms with E-state index in [2.05, 4.69) is 5.32 Å². The first-order valence-corrected chi connectivity index (χ1v) is 6.71. The number of hydrogen-bond acceptors (Lipinski definition) is 3. The van der Waals surface area contributed by atoms with E-state index in [1.807, 2.05) is 0 Å². The molecule has 5 nitrogen and oxygen atoms in total. The Hall–Kier alpha value is -1.59. The van der Waals surface area contributed by atoms with Crippen molar-refractivity contribution in [2.24, 2.45) is 5.92 Å². The van der Waals surface area contributed by atoms with Crippen molar-refractivity contribution in [3.63, 3.8) is 0 Å². The van der Waals surface area contributed by atoms with Crippen molar-refractivity contribution < 1.29 is 14.7 Å². The summed E-state index contributed by atoms with van der Waals surface area (Å²) in [4.78, 5) is 25.2. The number of carbonyl (C=O) groups excluding carboxylic acids is 2. The fourth-order valence-corrected chi connectivity index (χ4v) is 1.71. The lowest BCUT2D eigenvalue weighted by Gasteiger charge is -2.17. The number of amides is 2. The molecule has 0 aliphatic heterocycles. The van der Waals surface area contributed by atoms with E-state index in [-0.39, 0.29) is 30.9 Å². The van der Waals surface area contributed by atoms with Gasteiger partial charge in [0.2, 0.25) is 5.91 Å². The molecular formula is C14H19ClN2O3. The Morgan fingerprint density at radius 1 is 1.40 bits per heavy atom. The van der Waals surface area contributed by atoms with E-state index >= 15 is 0 Å². The van der Waals surface area contributed by atoms with Gasteiger partial charge in [0, 0.05) is 25.2 Å². The lowest BCUT2D eigenvalue weighted by Crippen LogP contribution is -2.29. The van der Waals surface area contributed by atoms with Gasteiger partial charge < -0.3 is 15.3 Å². The topological polar surface area (TPSA) is 69.6 Å². The highest BCUT2D eigenvalue weighted by Gasteiger charge is 2.16. The number of nitrogens with one attached hydrogen (secondary N) is 1. The zero-order chi connectivity index (χ0) is 15.3. The molecule has 110 valence electrons. The van der Waals surface area contributed by atoms with Crippen LogP contribution in [-0.4, -0.2) is 42.0 Å². The van der Waals surface area contributed by atoms with Crippen LogP contribution in [0.25, 0.3) is 0 Å². The van der Waals surface area contributed by atoms with E-state index in [4.69, 9.17) is 16.7 Å². The highest BCUT2D eigenvalue weighted by atomic mass is 35.5. The van der Waals surface area contributed by atoms with Gasteiger partial charge in [0.15, 0.2) is 0 Å². The van der Waals surface area contributed by atoms with Gasteiger partial charge in [-0.3, -0.25) is 9.59 Å². The summed E-state index contributed by atoms with van der Waals surface area (Å²) in [5.74, 6) is -0.582. The van der Waals surface area contributed by atoms with Gasteiger partial charge in [0.1, 0.15) is 0 Å². The Labute approximate surface area is 123 Å². The van der Waals surface area contributed by atoms with Crippen molar-refractivity contribution in [1.82, 2.24) is 4.90 Å². The summed E-state index contributed by atoms with van der Waals surface area (Å²) in [5.41, 5.74) is 0.818. The fraction of sp³-hybridized carbons (Fsp3) is 0.429. The Morgan fingerprint density at radius 3 is 2.60 bits per heavy atom. The molecule has 1 rings (SSSR count). The summed E-state index contributed by atoms with van der Waals surface area (Å²) in [6.45, 7) is 3.67. The number of anilines is 1. The number of likely N-dealkylation sites (N-methyl/N-ethyl adjacent to an activating group) is 1. The third-order valence-electron chi connectivity index (χ3n) is 2.77. The highest BCUT2D eigenvalue weighted by molar-refractivity contribution is 6.34. The minimum absolute atomic E-state index is 0.121. The van der Waals surface area contributed by atoms with Crippen molar-refractivity contribution in [3.05, 3.63) is 28.8 Å². The number of nitrogens with zero attached hydrogens (tertiary/aromatic N) is 1. The van der Waals surface area contributed by atoms with E-state index in [1.165, 1.54) is 4.90 Å². The van der Waals surface area contributed by atoms with Gasteiger partial charge in [0.25, 0.3) is 5.91 Å². The maximum absolute atomic E-state index is 12.1. The fourth-order valence-electron chi connectivity index (χ4n) is 1.51. The molecule has 1 aromatic rings. The SMILES string of the molecule is CC(C)C(=O)Nc1ccc(Cl)c(C(=O)N(C)CCO)c1. The average molecular weight is 299 g/mol. The lowest BCUT2D eigenvalue weighted by atomic mass is 10.1. The molecule has 0 saturated carbocycles. The summed E-state index contributed by atoms with van der Waals surface area (Å²) < 4.78 is 0. The summed E-state index contributed by atoms with van der Waals surface area (Å²) in [7, 11) is 1.58. The monoisotopic (exact) mass is 298 g/mol. The van der Waals surface area contributed by atoms with E-state index in [1.54, 1.807) is 39.1 Å². The van der Waals surface area contributed by atoms with E-state index in [0.29, 0.717) is 16.3 Å². The Kier molecular flexibility index (Phi) is 5.98. The van der Waals surface area contributed by atoms with Crippen LogP contribution < -0.4 is 5.32 Å². The molecule has 0 fully saturated rings. The maximum atomic E-state index is 12.1. The van der Waals surface area contributed by atoms with Crippen LogP contribution in [0.4, 0.5) is 5.69 Å². The van der Waals surface area contributed by atoms with Crippen molar-refractivity contribution in [1.29, 1.82) is 0 Å². The van der Waals surface area contributed by atoms with Crippen LogP contribution in [0.2, 0.25) is 5.02 Å². The first-order valence-electron chi connectivity index (χ1n) is 6.33. The van der Waals surface area contributed by atoms with Gasteiger partial charge in [-0.1, -0.05) is 25.4 Å². The largest absolute Gasteiger partial charge is 0.395 e. The second kappa shape index (κ2) is 7.26. The Balaban J connectivity index is 2.97. The minimum Gasteiger partial charge on any atom is -0.395 e. The highest BCUT2D eigenvalue weighted by Crippen LogP contribution is 2.22. The smallest absolute Gasteiger partial charge is 0.255 e. The summed E-state index contributed by atoms with van der Waals surface area (Å²) in [6, 6.07) is 4.75.